The Kier molecular flexibility index (Phi) is 6.00. The lowest BCUT2D eigenvalue weighted by atomic mass is 10.1. The molecule has 0 heterocycles. The fraction of sp³-hybridized carbons (Fsp3) is 0.263. The Morgan fingerprint density at radius 1 is 1.00 bits per heavy atom. The highest BCUT2D eigenvalue weighted by atomic mass is 16.5. The zero-order valence-corrected chi connectivity index (χ0v) is 14.9. The Hall–Kier alpha value is -3.02. The van der Waals surface area contributed by atoms with Gasteiger partial charge in [-0.25, -0.2) is 0 Å². The molecule has 2 aromatic carbocycles. The van der Waals surface area contributed by atoms with Crippen molar-refractivity contribution in [1.29, 1.82) is 0 Å². The lowest BCUT2D eigenvalue weighted by Crippen LogP contribution is -2.22. The largest absolute Gasteiger partial charge is 0.495 e. The van der Waals surface area contributed by atoms with Crippen LogP contribution in [0, 0.1) is 13.8 Å². The van der Waals surface area contributed by atoms with E-state index in [0.29, 0.717) is 17.1 Å². The fourth-order valence-electron chi connectivity index (χ4n) is 2.45. The molecule has 2 aromatic rings. The summed E-state index contributed by atoms with van der Waals surface area (Å²) in [6, 6.07) is 11.1. The molecule has 6 nitrogen and oxygen atoms in total. The molecule has 0 aliphatic heterocycles. The maximum Gasteiger partial charge on any atom is 0.243 e. The Morgan fingerprint density at radius 3 is 2.40 bits per heavy atom. The van der Waals surface area contributed by atoms with Crippen LogP contribution in [0.1, 0.15) is 18.1 Å². The average Bonchev–Trinajstić information content (AvgIpc) is 2.55. The van der Waals surface area contributed by atoms with Crippen molar-refractivity contribution >= 4 is 28.9 Å². The number of anilines is 3. The Bertz CT molecular complexity index is 787. The highest BCUT2D eigenvalue weighted by Crippen LogP contribution is 2.27. The van der Waals surface area contributed by atoms with Crippen LogP contribution in [0.2, 0.25) is 0 Å². The van der Waals surface area contributed by atoms with Gasteiger partial charge in [0.15, 0.2) is 0 Å². The maximum absolute atomic E-state index is 12.2. The van der Waals surface area contributed by atoms with Gasteiger partial charge in [0.1, 0.15) is 5.75 Å². The van der Waals surface area contributed by atoms with Crippen LogP contribution >= 0.6 is 0 Å². The van der Waals surface area contributed by atoms with Crippen molar-refractivity contribution in [1.82, 2.24) is 0 Å². The standard InChI is InChI=1S/C19H23N3O3/c1-12-5-7-16(13(2)9-12)22-19(24)11-20-17-10-15(21-14(3)23)6-8-18(17)25-4/h5-10,20H,11H2,1-4H3,(H,21,23)(H,22,24). The van der Waals surface area contributed by atoms with Crippen LogP contribution in [0.15, 0.2) is 36.4 Å². The number of hydrogen-bond donors (Lipinski definition) is 3. The number of methoxy groups -OCH3 is 1. The summed E-state index contributed by atoms with van der Waals surface area (Å²) >= 11 is 0. The molecular weight excluding hydrogens is 318 g/mol. The molecule has 132 valence electrons. The summed E-state index contributed by atoms with van der Waals surface area (Å²) in [6.45, 7) is 5.48. The van der Waals surface area contributed by atoms with E-state index in [9.17, 15) is 9.59 Å². The van der Waals surface area contributed by atoms with Gasteiger partial charge in [-0.1, -0.05) is 17.7 Å². The van der Waals surface area contributed by atoms with Crippen molar-refractivity contribution in [3.63, 3.8) is 0 Å². The molecule has 2 rings (SSSR count). The van der Waals surface area contributed by atoms with Crippen molar-refractivity contribution in [3.05, 3.63) is 47.5 Å². The first-order valence-corrected chi connectivity index (χ1v) is 7.95. The van der Waals surface area contributed by atoms with Gasteiger partial charge >= 0.3 is 0 Å². The first-order chi connectivity index (χ1) is 11.9. The average molecular weight is 341 g/mol. The lowest BCUT2D eigenvalue weighted by Gasteiger charge is -2.14. The van der Waals surface area contributed by atoms with Gasteiger partial charge in [-0.05, 0) is 43.7 Å². The summed E-state index contributed by atoms with van der Waals surface area (Å²) in [5.41, 5.74) is 4.21. The molecule has 0 aliphatic carbocycles. The van der Waals surface area contributed by atoms with Crippen LogP contribution in [0.5, 0.6) is 5.75 Å². The molecular formula is C19H23N3O3. The zero-order chi connectivity index (χ0) is 18.4. The SMILES string of the molecule is COc1ccc(NC(C)=O)cc1NCC(=O)Nc1ccc(C)cc1C. The molecule has 6 heteroatoms. The molecule has 3 N–H and O–H groups in total. The van der Waals surface area contributed by atoms with Crippen molar-refractivity contribution in [3.8, 4) is 5.75 Å². The molecule has 0 aromatic heterocycles. The summed E-state index contributed by atoms with van der Waals surface area (Å²) in [4.78, 5) is 23.4. The number of hydrogen-bond acceptors (Lipinski definition) is 4. The first-order valence-electron chi connectivity index (χ1n) is 7.95. The molecule has 0 unspecified atom stereocenters. The smallest absolute Gasteiger partial charge is 0.243 e. The minimum Gasteiger partial charge on any atom is -0.495 e. The fourth-order valence-corrected chi connectivity index (χ4v) is 2.45. The molecule has 0 bridgehead atoms. The van der Waals surface area contributed by atoms with Crippen molar-refractivity contribution < 1.29 is 14.3 Å². The number of benzene rings is 2. The summed E-state index contributed by atoms with van der Waals surface area (Å²) < 4.78 is 5.28. The van der Waals surface area contributed by atoms with Gasteiger partial charge in [-0.2, -0.15) is 0 Å². The highest BCUT2D eigenvalue weighted by molar-refractivity contribution is 5.95. The minimum atomic E-state index is -0.168. The van der Waals surface area contributed by atoms with E-state index in [0.717, 1.165) is 16.8 Å². The second kappa shape index (κ2) is 8.19. The van der Waals surface area contributed by atoms with E-state index in [1.54, 1.807) is 25.3 Å². The van der Waals surface area contributed by atoms with Crippen LogP contribution < -0.4 is 20.7 Å². The zero-order valence-electron chi connectivity index (χ0n) is 14.9. The second-order valence-electron chi connectivity index (χ2n) is 5.82. The Morgan fingerprint density at radius 2 is 1.76 bits per heavy atom. The van der Waals surface area contributed by atoms with Crippen molar-refractivity contribution in [2.45, 2.75) is 20.8 Å². The molecule has 2 amide bonds. The molecule has 0 fully saturated rings. The van der Waals surface area contributed by atoms with E-state index in [-0.39, 0.29) is 18.4 Å². The quantitative estimate of drug-likeness (QED) is 0.753. The van der Waals surface area contributed by atoms with Gasteiger partial charge in [0.05, 0.1) is 19.3 Å². The van der Waals surface area contributed by atoms with Gasteiger partial charge in [0.2, 0.25) is 11.8 Å². The molecule has 0 aliphatic rings. The van der Waals surface area contributed by atoms with E-state index < -0.39 is 0 Å². The van der Waals surface area contributed by atoms with Gasteiger partial charge < -0.3 is 20.7 Å². The van der Waals surface area contributed by atoms with E-state index in [1.165, 1.54) is 6.92 Å². The number of carbonyl (C=O) groups excluding carboxylic acids is 2. The van der Waals surface area contributed by atoms with Gasteiger partial charge in [0.25, 0.3) is 0 Å². The maximum atomic E-state index is 12.2. The molecule has 25 heavy (non-hydrogen) atoms. The van der Waals surface area contributed by atoms with E-state index in [2.05, 4.69) is 16.0 Å². The predicted molar refractivity (Wildman–Crippen MR) is 100 cm³/mol. The molecule has 0 atom stereocenters. The topological polar surface area (TPSA) is 79.5 Å². The molecule has 0 spiro atoms. The number of rotatable bonds is 6. The van der Waals surface area contributed by atoms with Gasteiger partial charge in [-0.3, -0.25) is 9.59 Å². The lowest BCUT2D eigenvalue weighted by molar-refractivity contribution is -0.115. The third-order valence-corrected chi connectivity index (χ3v) is 3.62. The summed E-state index contributed by atoms with van der Waals surface area (Å²) in [5.74, 6) is 0.260. The number of aryl methyl sites for hydroxylation is 2. The number of ether oxygens (including phenoxy) is 1. The van der Waals surface area contributed by atoms with E-state index >= 15 is 0 Å². The van der Waals surface area contributed by atoms with Crippen LogP contribution in [0.4, 0.5) is 17.1 Å². The van der Waals surface area contributed by atoms with Crippen molar-refractivity contribution in [2.24, 2.45) is 0 Å². The van der Waals surface area contributed by atoms with Crippen LogP contribution in [0.3, 0.4) is 0 Å². The first kappa shape index (κ1) is 18.3. The van der Waals surface area contributed by atoms with E-state index in [1.807, 2.05) is 32.0 Å². The molecule has 0 radical (unpaired) electrons. The van der Waals surface area contributed by atoms with E-state index in [4.69, 9.17) is 4.74 Å². The summed E-state index contributed by atoms with van der Waals surface area (Å²) in [5, 5.41) is 8.62. The number of carbonyl (C=O) groups is 2. The van der Waals surface area contributed by atoms with Crippen molar-refractivity contribution in [2.75, 3.05) is 29.6 Å². The highest BCUT2D eigenvalue weighted by Gasteiger charge is 2.09. The number of amides is 2. The second-order valence-corrected chi connectivity index (χ2v) is 5.82. The summed E-state index contributed by atoms with van der Waals surface area (Å²) in [7, 11) is 1.55. The molecule has 0 saturated carbocycles. The summed E-state index contributed by atoms with van der Waals surface area (Å²) in [6.07, 6.45) is 0. The van der Waals surface area contributed by atoms with Gasteiger partial charge in [0, 0.05) is 18.3 Å². The van der Waals surface area contributed by atoms with Crippen LogP contribution in [-0.2, 0) is 9.59 Å². The Labute approximate surface area is 147 Å². The normalized spacial score (nSPS) is 10.1. The predicted octanol–water partition coefficient (Wildman–Crippen LogP) is 3.32. The third-order valence-electron chi connectivity index (χ3n) is 3.62. The minimum absolute atomic E-state index is 0.0766. The third kappa shape index (κ3) is 5.24. The van der Waals surface area contributed by atoms with Crippen LogP contribution in [-0.4, -0.2) is 25.5 Å². The van der Waals surface area contributed by atoms with Crippen LogP contribution in [0.25, 0.3) is 0 Å². The van der Waals surface area contributed by atoms with Gasteiger partial charge in [-0.15, -0.1) is 0 Å². The monoisotopic (exact) mass is 341 g/mol. The Balaban J connectivity index is 2.04. The molecule has 0 saturated heterocycles. The number of nitrogens with one attached hydrogen (secondary N) is 3.